The lowest BCUT2D eigenvalue weighted by molar-refractivity contribution is 0.186. The molecule has 0 fully saturated rings. The summed E-state index contributed by atoms with van der Waals surface area (Å²) >= 11 is 1.68. The summed E-state index contributed by atoms with van der Waals surface area (Å²) in [5, 5.41) is 15.8. The van der Waals surface area contributed by atoms with Gasteiger partial charge in [-0.05, 0) is 60.3 Å². The quantitative estimate of drug-likeness (QED) is 0.274. The third kappa shape index (κ3) is 5.57. The fraction of sp³-hybridized carbons (Fsp3) is 0.310. The van der Waals surface area contributed by atoms with E-state index in [-0.39, 0.29) is 5.56 Å². The predicted molar refractivity (Wildman–Crippen MR) is 152 cm³/mol. The highest BCUT2D eigenvalue weighted by atomic mass is 32.1. The molecule has 0 aliphatic rings. The van der Waals surface area contributed by atoms with Crippen LogP contribution >= 0.6 is 11.3 Å². The van der Waals surface area contributed by atoms with Crippen molar-refractivity contribution < 1.29 is 9.47 Å². The highest BCUT2D eigenvalue weighted by Crippen LogP contribution is 2.35. The largest absolute Gasteiger partial charge is 0.493 e. The molecule has 0 spiro atoms. The fourth-order valence-corrected chi connectivity index (χ4v) is 5.48. The Hall–Kier alpha value is -4.02. The van der Waals surface area contributed by atoms with Gasteiger partial charge in [-0.15, -0.1) is 16.4 Å². The number of aromatic nitrogens is 5. The van der Waals surface area contributed by atoms with Crippen molar-refractivity contribution in [2.75, 3.05) is 14.2 Å². The average Bonchev–Trinajstić information content (AvgIpc) is 3.61. The lowest BCUT2D eigenvalue weighted by atomic mass is 10.0. The van der Waals surface area contributed by atoms with Gasteiger partial charge < -0.3 is 14.5 Å². The van der Waals surface area contributed by atoms with Crippen molar-refractivity contribution in [2.24, 2.45) is 0 Å². The van der Waals surface area contributed by atoms with Gasteiger partial charge in [0.15, 0.2) is 17.3 Å². The standard InChI is InChI=1S/C29H32N6O3S/c1-29(2,3)35-27(31-32-33-35)26(34(18-21-12-9-13-39-21)17-19-10-7-6-8-11-19)22-14-20-15-24(37-4)25(38-5)16-23(20)30-28(22)36/h6-16,26H,17-18H2,1-5H3,(H,30,36). The molecule has 9 nitrogen and oxygen atoms in total. The van der Waals surface area contributed by atoms with Crippen LogP contribution in [0.4, 0.5) is 0 Å². The van der Waals surface area contributed by atoms with E-state index in [2.05, 4.69) is 49.0 Å². The second-order valence-corrected chi connectivity index (χ2v) is 11.4. The number of thiophene rings is 1. The molecule has 3 heterocycles. The van der Waals surface area contributed by atoms with E-state index >= 15 is 0 Å². The minimum atomic E-state index is -0.539. The number of nitrogens with zero attached hydrogens (tertiary/aromatic N) is 5. The van der Waals surface area contributed by atoms with Crippen LogP contribution in [-0.2, 0) is 18.6 Å². The van der Waals surface area contributed by atoms with Crippen LogP contribution in [0.25, 0.3) is 10.9 Å². The van der Waals surface area contributed by atoms with E-state index in [4.69, 9.17) is 9.47 Å². The topological polar surface area (TPSA) is 98.2 Å². The molecule has 202 valence electrons. The van der Waals surface area contributed by atoms with E-state index < -0.39 is 11.6 Å². The molecular formula is C29H32N6O3S. The second kappa shape index (κ2) is 11.0. The Morgan fingerprint density at radius 1 is 1.00 bits per heavy atom. The van der Waals surface area contributed by atoms with Crippen molar-refractivity contribution in [3.8, 4) is 11.5 Å². The molecule has 2 aromatic carbocycles. The number of rotatable bonds is 9. The van der Waals surface area contributed by atoms with Crippen molar-refractivity contribution in [3.63, 3.8) is 0 Å². The third-order valence-corrected chi connectivity index (χ3v) is 7.44. The summed E-state index contributed by atoms with van der Waals surface area (Å²) in [5.41, 5.74) is 1.70. The minimum absolute atomic E-state index is 0.215. The van der Waals surface area contributed by atoms with Crippen LogP contribution < -0.4 is 15.0 Å². The maximum absolute atomic E-state index is 13.8. The van der Waals surface area contributed by atoms with Crippen molar-refractivity contribution in [2.45, 2.75) is 45.4 Å². The molecule has 5 aromatic rings. The Labute approximate surface area is 231 Å². The first kappa shape index (κ1) is 26.6. The molecule has 0 saturated carbocycles. The van der Waals surface area contributed by atoms with Gasteiger partial charge >= 0.3 is 0 Å². The van der Waals surface area contributed by atoms with Gasteiger partial charge in [-0.25, -0.2) is 4.68 Å². The number of benzene rings is 2. The van der Waals surface area contributed by atoms with Crippen molar-refractivity contribution in [1.29, 1.82) is 0 Å². The van der Waals surface area contributed by atoms with Gasteiger partial charge in [0.05, 0.1) is 25.3 Å². The maximum atomic E-state index is 13.8. The van der Waals surface area contributed by atoms with Crippen LogP contribution in [0.3, 0.4) is 0 Å². The van der Waals surface area contributed by atoms with Crippen molar-refractivity contribution in [1.82, 2.24) is 30.1 Å². The van der Waals surface area contributed by atoms with E-state index in [1.54, 1.807) is 31.6 Å². The Bertz CT molecular complexity index is 1610. The monoisotopic (exact) mass is 544 g/mol. The molecule has 39 heavy (non-hydrogen) atoms. The lowest BCUT2D eigenvalue weighted by Crippen LogP contribution is -2.37. The molecule has 1 atom stereocenters. The second-order valence-electron chi connectivity index (χ2n) is 10.3. The number of ether oxygens (including phenoxy) is 2. The fourth-order valence-electron chi connectivity index (χ4n) is 4.75. The van der Waals surface area contributed by atoms with E-state index in [0.717, 1.165) is 10.9 Å². The Morgan fingerprint density at radius 2 is 1.74 bits per heavy atom. The highest BCUT2D eigenvalue weighted by molar-refractivity contribution is 7.09. The van der Waals surface area contributed by atoms with Gasteiger partial charge in [0.2, 0.25) is 0 Å². The van der Waals surface area contributed by atoms with E-state index in [1.165, 1.54) is 4.88 Å². The molecule has 0 aliphatic carbocycles. The minimum Gasteiger partial charge on any atom is -0.493 e. The summed E-state index contributed by atoms with van der Waals surface area (Å²) in [6, 6.07) is 19.4. The summed E-state index contributed by atoms with van der Waals surface area (Å²) in [6.45, 7) is 7.34. The zero-order valence-corrected chi connectivity index (χ0v) is 23.5. The SMILES string of the molecule is COc1cc2cc(C(c3nnnn3C(C)(C)C)N(Cc3ccccc3)Cc3cccs3)c(=O)[nH]c2cc1OC. The number of hydrogen-bond acceptors (Lipinski definition) is 8. The number of fused-ring (bicyclic) bond motifs is 1. The zero-order valence-electron chi connectivity index (χ0n) is 22.7. The summed E-state index contributed by atoms with van der Waals surface area (Å²) in [6.07, 6.45) is 0. The van der Waals surface area contributed by atoms with E-state index in [0.29, 0.717) is 41.5 Å². The molecule has 0 amide bonds. The van der Waals surface area contributed by atoms with Crippen molar-refractivity contribution >= 4 is 22.2 Å². The van der Waals surface area contributed by atoms with E-state index in [9.17, 15) is 4.79 Å². The molecule has 0 bridgehead atoms. The Balaban J connectivity index is 1.74. The summed E-state index contributed by atoms with van der Waals surface area (Å²) < 4.78 is 12.8. The highest BCUT2D eigenvalue weighted by Gasteiger charge is 2.34. The third-order valence-electron chi connectivity index (χ3n) is 6.58. The first-order valence-electron chi connectivity index (χ1n) is 12.7. The zero-order chi connectivity index (χ0) is 27.6. The number of tetrazole rings is 1. The number of H-pyrrole nitrogens is 1. The van der Waals surface area contributed by atoms with Gasteiger partial charge in [0.1, 0.15) is 6.04 Å². The first-order chi connectivity index (χ1) is 18.8. The Kier molecular flexibility index (Phi) is 7.49. The number of aromatic amines is 1. The number of nitrogens with one attached hydrogen (secondary N) is 1. The van der Waals surface area contributed by atoms with Crippen LogP contribution in [0, 0.1) is 0 Å². The van der Waals surface area contributed by atoms with Crippen molar-refractivity contribution in [3.05, 3.63) is 98.2 Å². The van der Waals surface area contributed by atoms with Gasteiger partial charge in [-0.3, -0.25) is 9.69 Å². The summed E-state index contributed by atoms with van der Waals surface area (Å²) in [4.78, 5) is 20.3. The molecular weight excluding hydrogens is 512 g/mol. The normalized spacial score (nSPS) is 12.7. The molecule has 3 aromatic heterocycles. The van der Waals surface area contributed by atoms with E-state index in [1.807, 2.05) is 61.9 Å². The number of pyridine rings is 1. The molecule has 0 aliphatic heterocycles. The molecule has 1 N–H and O–H groups in total. The van der Waals surface area contributed by atoms with Gasteiger partial charge in [0.25, 0.3) is 5.56 Å². The molecule has 10 heteroatoms. The van der Waals surface area contributed by atoms with Crippen LogP contribution in [0.1, 0.15) is 48.6 Å². The number of methoxy groups -OCH3 is 2. The number of hydrogen-bond donors (Lipinski definition) is 1. The first-order valence-corrected chi connectivity index (χ1v) is 13.5. The predicted octanol–water partition coefficient (Wildman–Crippen LogP) is 5.14. The molecule has 5 rings (SSSR count). The maximum Gasteiger partial charge on any atom is 0.253 e. The van der Waals surface area contributed by atoms with Gasteiger partial charge in [-0.2, -0.15) is 0 Å². The Morgan fingerprint density at radius 3 is 2.41 bits per heavy atom. The molecule has 1 unspecified atom stereocenters. The smallest absolute Gasteiger partial charge is 0.253 e. The summed E-state index contributed by atoms with van der Waals surface area (Å²) in [5.74, 6) is 1.73. The van der Waals surface area contributed by atoms with Crippen LogP contribution in [0.15, 0.2) is 70.8 Å². The summed E-state index contributed by atoms with van der Waals surface area (Å²) in [7, 11) is 3.17. The van der Waals surface area contributed by atoms with Gasteiger partial charge in [0, 0.05) is 35.0 Å². The van der Waals surface area contributed by atoms with Gasteiger partial charge in [-0.1, -0.05) is 36.4 Å². The average molecular weight is 545 g/mol. The molecule has 0 saturated heterocycles. The van der Waals surface area contributed by atoms with Crippen LogP contribution in [-0.4, -0.2) is 44.3 Å². The molecule has 0 radical (unpaired) electrons. The van der Waals surface area contributed by atoms with Crippen LogP contribution in [0.2, 0.25) is 0 Å². The lowest BCUT2D eigenvalue weighted by Gasteiger charge is -2.32. The van der Waals surface area contributed by atoms with Crippen LogP contribution in [0.5, 0.6) is 11.5 Å².